The molecule has 0 saturated carbocycles. The zero-order valence-electron chi connectivity index (χ0n) is 12.2. The molecule has 0 amide bonds. The molecule has 1 heterocycles. The van der Waals surface area contributed by atoms with Gasteiger partial charge >= 0.3 is 0 Å². The van der Waals surface area contributed by atoms with Crippen molar-refractivity contribution in [3.63, 3.8) is 0 Å². The Bertz CT molecular complexity index is 742. The standard InChI is InChI=1S/C18H19NOS/c1-12-10-11-21-18(12)17(13(2)19)20-16-9-5-7-14-6-3-4-8-15(14)16/h3-11,13,17H,19H2,1-2H3. The van der Waals surface area contributed by atoms with E-state index in [4.69, 9.17) is 10.5 Å². The minimum atomic E-state index is -0.115. The molecule has 0 spiro atoms. The molecule has 1 aromatic heterocycles. The van der Waals surface area contributed by atoms with Gasteiger partial charge in [-0.1, -0.05) is 36.4 Å². The molecule has 0 aliphatic rings. The smallest absolute Gasteiger partial charge is 0.148 e. The van der Waals surface area contributed by atoms with Crippen LogP contribution in [0, 0.1) is 6.92 Å². The second-order valence-electron chi connectivity index (χ2n) is 5.34. The van der Waals surface area contributed by atoms with Gasteiger partial charge < -0.3 is 10.5 Å². The van der Waals surface area contributed by atoms with Crippen molar-refractivity contribution in [1.82, 2.24) is 0 Å². The molecule has 2 N–H and O–H groups in total. The third-order valence-corrected chi connectivity index (χ3v) is 4.72. The van der Waals surface area contributed by atoms with Gasteiger partial charge in [0.1, 0.15) is 11.9 Å². The van der Waals surface area contributed by atoms with E-state index in [1.165, 1.54) is 15.8 Å². The molecule has 2 atom stereocenters. The third-order valence-electron chi connectivity index (χ3n) is 3.64. The first-order valence-electron chi connectivity index (χ1n) is 7.11. The van der Waals surface area contributed by atoms with E-state index < -0.39 is 0 Å². The van der Waals surface area contributed by atoms with Crippen molar-refractivity contribution in [2.75, 3.05) is 0 Å². The molecular weight excluding hydrogens is 278 g/mol. The summed E-state index contributed by atoms with van der Waals surface area (Å²) in [6.07, 6.45) is -0.115. The Morgan fingerprint density at radius 1 is 1.05 bits per heavy atom. The first kappa shape index (κ1) is 14.1. The van der Waals surface area contributed by atoms with Crippen LogP contribution in [-0.4, -0.2) is 6.04 Å². The molecule has 0 radical (unpaired) electrons. The molecular formula is C18H19NOS. The molecule has 0 bridgehead atoms. The molecule has 0 aliphatic heterocycles. The number of benzene rings is 2. The average Bonchev–Trinajstić information content (AvgIpc) is 2.90. The maximum atomic E-state index is 6.30. The molecule has 21 heavy (non-hydrogen) atoms. The Labute approximate surface area is 129 Å². The maximum Gasteiger partial charge on any atom is 0.148 e. The highest BCUT2D eigenvalue weighted by atomic mass is 32.1. The van der Waals surface area contributed by atoms with Gasteiger partial charge in [0.25, 0.3) is 0 Å². The van der Waals surface area contributed by atoms with Crippen LogP contribution in [0.2, 0.25) is 0 Å². The summed E-state index contributed by atoms with van der Waals surface area (Å²) in [5.74, 6) is 0.892. The van der Waals surface area contributed by atoms with Gasteiger partial charge in [-0.15, -0.1) is 11.3 Å². The number of ether oxygens (including phenoxy) is 1. The molecule has 2 unspecified atom stereocenters. The summed E-state index contributed by atoms with van der Waals surface area (Å²) in [4.78, 5) is 1.21. The lowest BCUT2D eigenvalue weighted by Crippen LogP contribution is -2.28. The largest absolute Gasteiger partial charge is 0.483 e. The van der Waals surface area contributed by atoms with Crippen LogP contribution in [0.3, 0.4) is 0 Å². The fourth-order valence-corrected chi connectivity index (χ4v) is 3.58. The maximum absolute atomic E-state index is 6.30. The molecule has 2 nitrogen and oxygen atoms in total. The van der Waals surface area contributed by atoms with Crippen molar-refractivity contribution in [3.05, 3.63) is 64.4 Å². The van der Waals surface area contributed by atoms with Crippen LogP contribution in [0.4, 0.5) is 0 Å². The summed E-state index contributed by atoms with van der Waals surface area (Å²) >= 11 is 1.71. The minimum Gasteiger partial charge on any atom is -0.483 e. The molecule has 3 aromatic rings. The number of hydrogen-bond acceptors (Lipinski definition) is 3. The summed E-state index contributed by atoms with van der Waals surface area (Å²) in [7, 11) is 0. The predicted molar refractivity (Wildman–Crippen MR) is 90.0 cm³/mol. The van der Waals surface area contributed by atoms with E-state index in [-0.39, 0.29) is 12.1 Å². The highest BCUT2D eigenvalue weighted by molar-refractivity contribution is 7.10. The molecule has 3 heteroatoms. The van der Waals surface area contributed by atoms with Crippen LogP contribution in [-0.2, 0) is 0 Å². The predicted octanol–water partition coefficient (Wildman–Crippen LogP) is 4.68. The number of fused-ring (bicyclic) bond motifs is 1. The topological polar surface area (TPSA) is 35.2 Å². The van der Waals surface area contributed by atoms with Crippen molar-refractivity contribution >= 4 is 22.1 Å². The van der Waals surface area contributed by atoms with Crippen LogP contribution >= 0.6 is 11.3 Å². The van der Waals surface area contributed by atoms with E-state index in [0.717, 1.165) is 11.1 Å². The van der Waals surface area contributed by atoms with Crippen molar-refractivity contribution < 1.29 is 4.74 Å². The van der Waals surface area contributed by atoms with Crippen molar-refractivity contribution in [2.24, 2.45) is 5.73 Å². The minimum absolute atomic E-state index is 0.0682. The highest BCUT2D eigenvalue weighted by Gasteiger charge is 2.22. The molecule has 108 valence electrons. The van der Waals surface area contributed by atoms with E-state index in [2.05, 4.69) is 36.6 Å². The lowest BCUT2D eigenvalue weighted by Gasteiger charge is -2.23. The lowest BCUT2D eigenvalue weighted by molar-refractivity contribution is 0.186. The zero-order chi connectivity index (χ0) is 14.8. The van der Waals surface area contributed by atoms with Gasteiger partial charge in [-0.3, -0.25) is 0 Å². The molecule has 0 fully saturated rings. The van der Waals surface area contributed by atoms with Crippen molar-refractivity contribution in [3.8, 4) is 5.75 Å². The third kappa shape index (κ3) is 2.80. The van der Waals surface area contributed by atoms with Gasteiger partial charge in [-0.2, -0.15) is 0 Å². The van der Waals surface area contributed by atoms with E-state index in [0.29, 0.717) is 0 Å². The van der Waals surface area contributed by atoms with Gasteiger partial charge in [0.05, 0.1) is 0 Å². The van der Waals surface area contributed by atoms with Crippen LogP contribution in [0.1, 0.15) is 23.5 Å². The second-order valence-corrected chi connectivity index (χ2v) is 6.29. The Balaban J connectivity index is 2.01. The number of aryl methyl sites for hydroxylation is 1. The fourth-order valence-electron chi connectivity index (χ4n) is 2.51. The van der Waals surface area contributed by atoms with Crippen molar-refractivity contribution in [2.45, 2.75) is 26.0 Å². The average molecular weight is 297 g/mol. The highest BCUT2D eigenvalue weighted by Crippen LogP contribution is 2.33. The first-order chi connectivity index (χ1) is 10.2. The SMILES string of the molecule is Cc1ccsc1C(Oc1cccc2ccccc12)C(C)N. The number of rotatable bonds is 4. The van der Waals surface area contributed by atoms with Crippen LogP contribution in [0.25, 0.3) is 10.8 Å². The second kappa shape index (κ2) is 5.88. The zero-order valence-corrected chi connectivity index (χ0v) is 13.1. The van der Waals surface area contributed by atoms with E-state index in [1.807, 2.05) is 31.2 Å². The summed E-state index contributed by atoms with van der Waals surface area (Å²) in [5, 5.41) is 4.40. The first-order valence-corrected chi connectivity index (χ1v) is 7.99. The number of hydrogen-bond donors (Lipinski definition) is 1. The van der Waals surface area contributed by atoms with Crippen LogP contribution in [0.15, 0.2) is 53.9 Å². The quantitative estimate of drug-likeness (QED) is 0.759. The normalized spacial score (nSPS) is 14.0. The summed E-state index contributed by atoms with van der Waals surface area (Å²) < 4.78 is 6.30. The van der Waals surface area contributed by atoms with Crippen LogP contribution < -0.4 is 10.5 Å². The van der Waals surface area contributed by atoms with E-state index in [1.54, 1.807) is 11.3 Å². The summed E-state index contributed by atoms with van der Waals surface area (Å²) in [6, 6.07) is 16.4. The number of nitrogens with two attached hydrogens (primary N) is 1. The van der Waals surface area contributed by atoms with Gasteiger partial charge in [0.2, 0.25) is 0 Å². The Hall–Kier alpha value is -1.84. The van der Waals surface area contributed by atoms with Gasteiger partial charge in [-0.25, -0.2) is 0 Å². The Morgan fingerprint density at radius 2 is 1.81 bits per heavy atom. The lowest BCUT2D eigenvalue weighted by atomic mass is 10.1. The van der Waals surface area contributed by atoms with E-state index in [9.17, 15) is 0 Å². The molecule has 0 saturated heterocycles. The number of thiophene rings is 1. The van der Waals surface area contributed by atoms with Gasteiger partial charge in [0, 0.05) is 16.3 Å². The fraction of sp³-hybridized carbons (Fsp3) is 0.222. The molecule has 3 rings (SSSR count). The van der Waals surface area contributed by atoms with Crippen molar-refractivity contribution in [1.29, 1.82) is 0 Å². The molecule has 0 aliphatic carbocycles. The Kier molecular flexibility index (Phi) is 3.95. The monoisotopic (exact) mass is 297 g/mol. The van der Waals surface area contributed by atoms with Crippen LogP contribution in [0.5, 0.6) is 5.75 Å². The van der Waals surface area contributed by atoms with Gasteiger partial charge in [-0.05, 0) is 42.3 Å². The summed E-state index contributed by atoms with van der Waals surface area (Å²) in [6.45, 7) is 4.10. The van der Waals surface area contributed by atoms with Gasteiger partial charge in [0.15, 0.2) is 0 Å². The Morgan fingerprint density at radius 3 is 2.52 bits per heavy atom. The van der Waals surface area contributed by atoms with E-state index >= 15 is 0 Å². The summed E-state index contributed by atoms with van der Waals surface area (Å²) in [5.41, 5.74) is 7.41. The molecule has 2 aromatic carbocycles.